The first-order valence-electron chi connectivity index (χ1n) is 7.40. The number of nitrogens with one attached hydrogen (secondary N) is 2. The Kier molecular flexibility index (Phi) is 4.95. The molecule has 0 amide bonds. The smallest absolute Gasteiger partial charge is 0.233 e. The zero-order valence-electron chi connectivity index (χ0n) is 12.0. The zero-order chi connectivity index (χ0) is 15.4. The lowest BCUT2D eigenvalue weighted by molar-refractivity contribution is 0.461. The summed E-state index contributed by atoms with van der Waals surface area (Å²) in [5.41, 5.74) is 0.843. The lowest BCUT2D eigenvalue weighted by Crippen LogP contribution is -2.23. The van der Waals surface area contributed by atoms with Crippen LogP contribution in [0.5, 0.6) is 0 Å². The molecule has 1 aliphatic rings. The van der Waals surface area contributed by atoms with Crippen LogP contribution in [0.15, 0.2) is 24.3 Å². The Morgan fingerprint density at radius 3 is 2.27 bits per heavy atom. The Hall–Kier alpha value is -1.59. The van der Waals surface area contributed by atoms with Gasteiger partial charge in [-0.15, -0.1) is 0 Å². The summed E-state index contributed by atoms with van der Waals surface area (Å²) in [5, 5.41) is 7.30. The van der Waals surface area contributed by atoms with E-state index in [-0.39, 0.29) is 5.28 Å². The molecule has 1 heterocycles. The van der Waals surface area contributed by atoms with Crippen LogP contribution >= 0.6 is 23.2 Å². The van der Waals surface area contributed by atoms with Crippen LogP contribution in [0.2, 0.25) is 10.3 Å². The lowest BCUT2D eigenvalue weighted by atomic mass is 9.96. The van der Waals surface area contributed by atoms with Gasteiger partial charge in [0.15, 0.2) is 0 Å². The summed E-state index contributed by atoms with van der Waals surface area (Å²) in [6, 6.07) is 7.72. The number of hydrogen-bond donors (Lipinski definition) is 2. The monoisotopic (exact) mass is 337 g/mol. The van der Waals surface area contributed by atoms with Gasteiger partial charge in [0.25, 0.3) is 0 Å². The maximum absolute atomic E-state index is 6.00. The summed E-state index contributed by atoms with van der Waals surface area (Å²) in [4.78, 5) is 12.6. The second-order valence-corrected chi connectivity index (χ2v) is 6.14. The van der Waals surface area contributed by atoms with Crippen LogP contribution < -0.4 is 10.6 Å². The minimum absolute atomic E-state index is 0.171. The second-order valence-electron chi connectivity index (χ2n) is 5.36. The van der Waals surface area contributed by atoms with Gasteiger partial charge in [-0.25, -0.2) is 0 Å². The van der Waals surface area contributed by atoms with Gasteiger partial charge in [0, 0.05) is 16.8 Å². The number of rotatable bonds is 4. The molecule has 22 heavy (non-hydrogen) atoms. The molecule has 1 fully saturated rings. The van der Waals surface area contributed by atoms with Crippen molar-refractivity contribution in [3.63, 3.8) is 0 Å². The highest BCUT2D eigenvalue weighted by Crippen LogP contribution is 2.22. The predicted octanol–water partition coefficient (Wildman–Crippen LogP) is 4.67. The summed E-state index contributed by atoms with van der Waals surface area (Å²) in [5.74, 6) is 0.934. The van der Waals surface area contributed by atoms with E-state index in [1.165, 1.54) is 19.3 Å². The Morgan fingerprint density at radius 2 is 1.55 bits per heavy atom. The van der Waals surface area contributed by atoms with E-state index in [1.54, 1.807) is 12.1 Å². The van der Waals surface area contributed by atoms with Crippen molar-refractivity contribution < 1.29 is 0 Å². The first-order chi connectivity index (χ1) is 10.7. The molecule has 0 radical (unpaired) electrons. The van der Waals surface area contributed by atoms with Crippen molar-refractivity contribution in [2.75, 3.05) is 10.6 Å². The van der Waals surface area contributed by atoms with Crippen molar-refractivity contribution in [2.45, 2.75) is 38.1 Å². The molecule has 2 aromatic rings. The minimum Gasteiger partial charge on any atom is -0.351 e. The number of hydrogen-bond acceptors (Lipinski definition) is 5. The van der Waals surface area contributed by atoms with Crippen LogP contribution in [0.3, 0.4) is 0 Å². The Bertz CT molecular complexity index is 626. The molecule has 0 saturated heterocycles. The van der Waals surface area contributed by atoms with Crippen LogP contribution in [0.25, 0.3) is 0 Å². The van der Waals surface area contributed by atoms with E-state index in [1.807, 2.05) is 12.1 Å². The summed E-state index contributed by atoms with van der Waals surface area (Å²) in [7, 11) is 0. The molecule has 1 saturated carbocycles. The topological polar surface area (TPSA) is 62.7 Å². The largest absolute Gasteiger partial charge is 0.351 e. The third-order valence-electron chi connectivity index (χ3n) is 3.65. The van der Waals surface area contributed by atoms with Gasteiger partial charge in [-0.1, -0.05) is 30.9 Å². The molecule has 0 bridgehead atoms. The van der Waals surface area contributed by atoms with Crippen molar-refractivity contribution in [2.24, 2.45) is 0 Å². The molecule has 0 unspecified atom stereocenters. The molecule has 3 rings (SSSR count). The molecule has 2 N–H and O–H groups in total. The third-order valence-corrected chi connectivity index (χ3v) is 4.07. The fourth-order valence-corrected chi connectivity index (χ4v) is 2.85. The van der Waals surface area contributed by atoms with E-state index < -0.39 is 0 Å². The van der Waals surface area contributed by atoms with Gasteiger partial charge in [-0.2, -0.15) is 15.0 Å². The molecule has 116 valence electrons. The maximum atomic E-state index is 6.00. The summed E-state index contributed by atoms with van der Waals surface area (Å²) >= 11 is 11.9. The predicted molar refractivity (Wildman–Crippen MR) is 90.1 cm³/mol. The van der Waals surface area contributed by atoms with Crippen LogP contribution in [-0.2, 0) is 0 Å². The van der Waals surface area contributed by atoms with E-state index in [9.17, 15) is 0 Å². The van der Waals surface area contributed by atoms with Gasteiger partial charge in [-0.05, 0) is 48.7 Å². The van der Waals surface area contributed by atoms with Crippen molar-refractivity contribution in [3.05, 3.63) is 34.6 Å². The lowest BCUT2D eigenvalue weighted by Gasteiger charge is -2.22. The van der Waals surface area contributed by atoms with Crippen molar-refractivity contribution in [3.8, 4) is 0 Å². The fourth-order valence-electron chi connectivity index (χ4n) is 2.56. The Balaban J connectivity index is 1.72. The fraction of sp³-hybridized carbons (Fsp3) is 0.400. The van der Waals surface area contributed by atoms with Crippen LogP contribution in [0.4, 0.5) is 17.6 Å². The summed E-state index contributed by atoms with van der Waals surface area (Å²) in [6.45, 7) is 0. The number of aromatic nitrogens is 3. The SMILES string of the molecule is Clc1ccc(Nc2nc(Cl)nc(NC3CCCCC3)n2)cc1. The molecule has 0 spiro atoms. The molecule has 7 heteroatoms. The van der Waals surface area contributed by atoms with Gasteiger partial charge in [0.1, 0.15) is 0 Å². The average Bonchev–Trinajstić information content (AvgIpc) is 2.50. The minimum atomic E-state index is 0.171. The zero-order valence-corrected chi connectivity index (χ0v) is 13.5. The van der Waals surface area contributed by atoms with Crippen molar-refractivity contribution in [1.29, 1.82) is 0 Å². The highest BCUT2D eigenvalue weighted by molar-refractivity contribution is 6.30. The number of nitrogens with zero attached hydrogens (tertiary/aromatic N) is 3. The first-order valence-corrected chi connectivity index (χ1v) is 8.15. The quantitative estimate of drug-likeness (QED) is 0.848. The number of benzene rings is 1. The highest BCUT2D eigenvalue weighted by Gasteiger charge is 2.15. The van der Waals surface area contributed by atoms with Gasteiger partial charge < -0.3 is 10.6 Å². The Morgan fingerprint density at radius 1 is 0.864 bits per heavy atom. The van der Waals surface area contributed by atoms with Gasteiger partial charge in [-0.3, -0.25) is 0 Å². The number of halogens is 2. The van der Waals surface area contributed by atoms with Gasteiger partial charge >= 0.3 is 0 Å². The molecule has 0 aliphatic heterocycles. The van der Waals surface area contributed by atoms with Crippen LogP contribution in [-0.4, -0.2) is 21.0 Å². The molecule has 1 aromatic carbocycles. The summed E-state index contributed by atoms with van der Waals surface area (Å²) in [6.07, 6.45) is 6.07. The van der Waals surface area contributed by atoms with E-state index in [0.29, 0.717) is 23.0 Å². The first kappa shape index (κ1) is 15.3. The molecular weight excluding hydrogens is 321 g/mol. The van der Waals surface area contributed by atoms with Crippen molar-refractivity contribution in [1.82, 2.24) is 15.0 Å². The molecule has 1 aliphatic carbocycles. The standard InChI is InChI=1S/C15H17Cl2N5/c16-10-6-8-12(9-7-10)19-15-21-13(17)20-14(22-15)18-11-4-2-1-3-5-11/h6-9,11H,1-5H2,(H2,18,19,20,21,22). The third kappa shape index (κ3) is 4.21. The maximum Gasteiger partial charge on any atom is 0.233 e. The molecular formula is C15H17Cl2N5. The van der Waals surface area contributed by atoms with E-state index in [0.717, 1.165) is 18.5 Å². The van der Waals surface area contributed by atoms with E-state index in [4.69, 9.17) is 23.2 Å². The van der Waals surface area contributed by atoms with Gasteiger partial charge in [0.05, 0.1) is 0 Å². The Labute approximate surface area is 139 Å². The van der Waals surface area contributed by atoms with Gasteiger partial charge in [0.2, 0.25) is 17.2 Å². The normalized spacial score (nSPS) is 15.5. The van der Waals surface area contributed by atoms with Crippen molar-refractivity contribution >= 4 is 40.8 Å². The van der Waals surface area contributed by atoms with Crippen LogP contribution in [0, 0.1) is 0 Å². The highest BCUT2D eigenvalue weighted by atomic mass is 35.5. The van der Waals surface area contributed by atoms with E-state index >= 15 is 0 Å². The molecule has 5 nitrogen and oxygen atoms in total. The molecule has 0 atom stereocenters. The average molecular weight is 338 g/mol. The van der Waals surface area contributed by atoms with Crippen LogP contribution in [0.1, 0.15) is 32.1 Å². The molecule has 1 aromatic heterocycles. The van der Waals surface area contributed by atoms with E-state index in [2.05, 4.69) is 25.6 Å². The number of anilines is 3. The second kappa shape index (κ2) is 7.11. The summed E-state index contributed by atoms with van der Waals surface area (Å²) < 4.78 is 0.